The first-order valence-electron chi connectivity index (χ1n) is 15.9. The van der Waals surface area contributed by atoms with Gasteiger partial charge in [0.15, 0.2) is 0 Å². The fourth-order valence-corrected chi connectivity index (χ4v) is 8.08. The lowest BCUT2D eigenvalue weighted by molar-refractivity contribution is 0.767. The van der Waals surface area contributed by atoms with Crippen molar-refractivity contribution < 1.29 is 0 Å². The summed E-state index contributed by atoms with van der Waals surface area (Å²) in [6.07, 6.45) is 4.60. The van der Waals surface area contributed by atoms with Gasteiger partial charge in [-0.2, -0.15) is 0 Å². The van der Waals surface area contributed by atoms with Crippen LogP contribution in [0.5, 0.6) is 0 Å². The highest BCUT2D eigenvalue weighted by Crippen LogP contribution is 2.59. The van der Waals surface area contributed by atoms with Crippen LogP contribution in [0, 0.1) is 0 Å². The summed E-state index contributed by atoms with van der Waals surface area (Å²) in [6, 6.07) is 57.6. The van der Waals surface area contributed by atoms with Crippen LogP contribution >= 0.6 is 0 Å². The lowest BCUT2D eigenvalue weighted by Gasteiger charge is -2.35. The van der Waals surface area contributed by atoms with E-state index in [1.54, 1.807) is 0 Å². The molecule has 46 heavy (non-hydrogen) atoms. The Balaban J connectivity index is 1.34. The Morgan fingerprint density at radius 3 is 2.00 bits per heavy atom. The summed E-state index contributed by atoms with van der Waals surface area (Å²) in [5.74, 6) is 0.942. The second-order valence-electron chi connectivity index (χ2n) is 12.4. The van der Waals surface area contributed by atoms with E-state index in [1.165, 1.54) is 55.3 Å². The minimum atomic E-state index is -0.509. The van der Waals surface area contributed by atoms with Crippen molar-refractivity contribution in [1.29, 1.82) is 0 Å². The zero-order chi connectivity index (χ0) is 30.2. The Bertz CT molecular complexity index is 2530. The third kappa shape index (κ3) is 3.39. The third-order valence-corrected chi connectivity index (χ3v) is 10.0. The Morgan fingerprint density at radius 2 is 1.13 bits per heavy atom. The van der Waals surface area contributed by atoms with E-state index in [4.69, 9.17) is 4.98 Å². The number of rotatable bonds is 2. The molecule has 0 amide bonds. The van der Waals surface area contributed by atoms with Crippen LogP contribution in [0.1, 0.15) is 33.4 Å². The van der Waals surface area contributed by atoms with E-state index >= 15 is 0 Å². The van der Waals surface area contributed by atoms with E-state index < -0.39 is 5.41 Å². The zero-order valence-corrected chi connectivity index (χ0v) is 25.1. The minimum Gasteiger partial charge on any atom is -0.292 e. The van der Waals surface area contributed by atoms with Crippen LogP contribution in [0.25, 0.3) is 62.2 Å². The molecule has 0 saturated carbocycles. The summed E-state index contributed by atoms with van der Waals surface area (Å²) in [4.78, 5) is 5.27. The second kappa shape index (κ2) is 9.50. The smallest absolute Gasteiger partial charge is 0.145 e. The number of hydrogen-bond donors (Lipinski definition) is 0. The molecule has 1 aromatic heterocycles. The fourth-order valence-electron chi connectivity index (χ4n) is 8.08. The first kappa shape index (κ1) is 25.3. The van der Waals surface area contributed by atoms with Crippen LogP contribution in [0.3, 0.4) is 0 Å². The number of aromatic nitrogens is 2. The molecule has 0 N–H and O–H groups in total. The maximum absolute atomic E-state index is 5.27. The topological polar surface area (TPSA) is 17.8 Å². The molecule has 1 unspecified atom stereocenters. The minimum absolute atomic E-state index is 0.509. The molecule has 0 fully saturated rings. The van der Waals surface area contributed by atoms with Gasteiger partial charge < -0.3 is 0 Å². The van der Waals surface area contributed by atoms with Gasteiger partial charge in [-0.25, -0.2) is 4.98 Å². The molecule has 2 nitrogen and oxygen atoms in total. The average Bonchev–Trinajstić information content (AvgIpc) is 3.59. The number of benzene rings is 7. The summed E-state index contributed by atoms with van der Waals surface area (Å²) in [5.41, 5.74) is 14.1. The molecule has 0 aliphatic heterocycles. The molecule has 1 atom stereocenters. The van der Waals surface area contributed by atoms with E-state index in [2.05, 4.69) is 174 Å². The van der Waals surface area contributed by atoms with E-state index in [-0.39, 0.29) is 0 Å². The molecular formula is C44H28N2. The van der Waals surface area contributed by atoms with Gasteiger partial charge in [-0.3, -0.25) is 4.57 Å². The van der Waals surface area contributed by atoms with Crippen LogP contribution in [0.4, 0.5) is 0 Å². The van der Waals surface area contributed by atoms with Crippen molar-refractivity contribution in [3.63, 3.8) is 0 Å². The molecule has 2 aliphatic rings. The van der Waals surface area contributed by atoms with Crippen molar-refractivity contribution in [2.45, 2.75) is 5.41 Å². The molecular weight excluding hydrogens is 556 g/mol. The highest BCUT2D eigenvalue weighted by Gasteiger charge is 2.48. The maximum atomic E-state index is 5.27. The molecule has 8 aromatic rings. The van der Waals surface area contributed by atoms with E-state index in [9.17, 15) is 0 Å². The molecule has 2 aliphatic carbocycles. The molecule has 2 heteroatoms. The van der Waals surface area contributed by atoms with Gasteiger partial charge in [0.1, 0.15) is 5.82 Å². The monoisotopic (exact) mass is 584 g/mol. The van der Waals surface area contributed by atoms with Crippen LogP contribution < -0.4 is 0 Å². The molecule has 7 aromatic carbocycles. The number of imidazole rings is 1. The Hall–Kier alpha value is -5.99. The maximum Gasteiger partial charge on any atom is 0.145 e. The van der Waals surface area contributed by atoms with Gasteiger partial charge in [-0.15, -0.1) is 0 Å². The van der Waals surface area contributed by atoms with Gasteiger partial charge in [0.25, 0.3) is 0 Å². The Labute approximate surface area is 267 Å². The summed E-state index contributed by atoms with van der Waals surface area (Å²) in [7, 11) is 0. The first-order valence-corrected chi connectivity index (χ1v) is 15.9. The molecule has 1 heterocycles. The van der Waals surface area contributed by atoms with Crippen LogP contribution in [0.15, 0.2) is 158 Å². The fraction of sp³-hybridized carbons (Fsp3) is 0.0227. The predicted octanol–water partition coefficient (Wildman–Crippen LogP) is 10.7. The number of fused-ring (bicyclic) bond motifs is 11. The number of para-hydroxylation sites is 3. The quantitative estimate of drug-likeness (QED) is 0.198. The van der Waals surface area contributed by atoms with Gasteiger partial charge >= 0.3 is 0 Å². The SMILES string of the molecule is C1=Cc2ccc(-c3nc4ccccc4n3-c3ccccc3)cc2C2(c3ccccc31)c1ccccc1-c1cc3ccccc3cc12. The van der Waals surface area contributed by atoms with Crippen LogP contribution in [-0.2, 0) is 5.41 Å². The summed E-state index contributed by atoms with van der Waals surface area (Å²) >= 11 is 0. The summed E-state index contributed by atoms with van der Waals surface area (Å²) < 4.78 is 2.30. The average molecular weight is 585 g/mol. The summed E-state index contributed by atoms with van der Waals surface area (Å²) in [6.45, 7) is 0. The number of nitrogens with zero attached hydrogens (tertiary/aromatic N) is 2. The van der Waals surface area contributed by atoms with Crippen molar-refractivity contribution in [3.05, 3.63) is 191 Å². The molecule has 0 bridgehead atoms. The van der Waals surface area contributed by atoms with E-state index in [0.29, 0.717) is 0 Å². The molecule has 1 spiro atoms. The highest BCUT2D eigenvalue weighted by atomic mass is 15.1. The molecule has 214 valence electrons. The van der Waals surface area contributed by atoms with Gasteiger partial charge in [0.05, 0.1) is 16.4 Å². The normalized spacial score (nSPS) is 15.8. The van der Waals surface area contributed by atoms with Crippen molar-refractivity contribution in [1.82, 2.24) is 9.55 Å². The lowest BCUT2D eigenvalue weighted by Crippen LogP contribution is -2.30. The van der Waals surface area contributed by atoms with Crippen LogP contribution in [0.2, 0.25) is 0 Å². The van der Waals surface area contributed by atoms with Gasteiger partial charge in [-0.05, 0) is 97.7 Å². The van der Waals surface area contributed by atoms with Crippen molar-refractivity contribution >= 4 is 34.0 Å². The first-order chi connectivity index (χ1) is 22.8. The standard InChI is InChI=1S/C44H28N2/c1-2-15-34(16-3-1)46-42-21-11-10-20-41(42)45-43(46)33-25-24-30-23-22-29-12-6-8-18-37(29)44(39(30)28-33)38-19-9-7-17-35(38)36-26-31-13-4-5-14-32(31)27-40(36)44/h1-28H. The number of hydrogen-bond acceptors (Lipinski definition) is 1. The summed E-state index contributed by atoms with van der Waals surface area (Å²) in [5, 5.41) is 2.52. The van der Waals surface area contributed by atoms with Gasteiger partial charge in [0, 0.05) is 11.3 Å². The lowest BCUT2D eigenvalue weighted by atomic mass is 9.65. The largest absolute Gasteiger partial charge is 0.292 e. The van der Waals surface area contributed by atoms with Crippen LogP contribution in [-0.4, -0.2) is 9.55 Å². The van der Waals surface area contributed by atoms with E-state index in [1.807, 2.05) is 0 Å². The molecule has 0 radical (unpaired) electrons. The van der Waals surface area contributed by atoms with Crippen molar-refractivity contribution in [2.75, 3.05) is 0 Å². The van der Waals surface area contributed by atoms with Crippen molar-refractivity contribution in [2.24, 2.45) is 0 Å². The third-order valence-electron chi connectivity index (χ3n) is 10.0. The predicted molar refractivity (Wildman–Crippen MR) is 190 cm³/mol. The molecule has 10 rings (SSSR count). The van der Waals surface area contributed by atoms with E-state index in [0.717, 1.165) is 28.1 Å². The van der Waals surface area contributed by atoms with Crippen molar-refractivity contribution in [3.8, 4) is 28.2 Å². The van der Waals surface area contributed by atoms with Gasteiger partial charge in [0.2, 0.25) is 0 Å². The zero-order valence-electron chi connectivity index (χ0n) is 25.1. The highest BCUT2D eigenvalue weighted by molar-refractivity contribution is 5.98. The second-order valence-corrected chi connectivity index (χ2v) is 12.4. The molecule has 0 saturated heterocycles. The Morgan fingerprint density at radius 1 is 0.457 bits per heavy atom. The Kier molecular flexibility index (Phi) is 5.24. The van der Waals surface area contributed by atoms with Gasteiger partial charge in [-0.1, -0.05) is 127 Å².